The van der Waals surface area contributed by atoms with Crippen molar-refractivity contribution in [2.24, 2.45) is 0 Å². The average molecular weight is 950 g/mol. The topological polar surface area (TPSA) is 105 Å². The third kappa shape index (κ3) is 50.3. The van der Waals surface area contributed by atoms with Gasteiger partial charge in [0.2, 0.25) is 5.91 Å². The number of rotatable bonds is 45. The molecule has 0 fully saturated rings. The second-order valence-corrected chi connectivity index (χ2v) is 19.6. The molecule has 0 heterocycles. The molecule has 0 spiro atoms. The van der Waals surface area contributed by atoms with E-state index in [9.17, 15) is 19.4 Å². The number of aliphatic hydroxyl groups excluding tert-OH is 1. The molecule has 0 aromatic carbocycles. The summed E-state index contributed by atoms with van der Waals surface area (Å²) >= 11 is 0. The van der Waals surface area contributed by atoms with E-state index >= 15 is 0 Å². The number of phosphoric ester groups is 1. The number of amides is 1. The summed E-state index contributed by atoms with van der Waals surface area (Å²) in [5.74, 6) is -0.198. The molecule has 0 radical (unpaired) electrons. The molecule has 0 aromatic heterocycles. The second-order valence-electron chi connectivity index (χ2n) is 18.2. The number of carbonyl (C=O) groups excluding carboxylic acids is 1. The van der Waals surface area contributed by atoms with Gasteiger partial charge >= 0.3 is 7.82 Å². The fourth-order valence-electron chi connectivity index (χ4n) is 6.52. The zero-order valence-corrected chi connectivity index (χ0v) is 44.0. The van der Waals surface area contributed by atoms with Crippen molar-refractivity contribution in [3.05, 3.63) is 134 Å². The van der Waals surface area contributed by atoms with Crippen molar-refractivity contribution >= 4 is 13.7 Å². The number of hydrogen-bond donors (Lipinski definition) is 3. The largest absolute Gasteiger partial charge is 0.472 e. The first kappa shape index (κ1) is 63.6. The first-order valence-corrected chi connectivity index (χ1v) is 27.6. The van der Waals surface area contributed by atoms with Crippen molar-refractivity contribution in [3.8, 4) is 0 Å². The van der Waals surface area contributed by atoms with E-state index in [1.807, 2.05) is 27.2 Å². The highest BCUT2D eigenvalue weighted by Gasteiger charge is 2.27. The maximum atomic E-state index is 12.8. The molecule has 0 saturated carbocycles. The summed E-state index contributed by atoms with van der Waals surface area (Å²) in [5.41, 5.74) is 0. The lowest BCUT2D eigenvalue weighted by atomic mass is 10.0. The molecule has 1 amide bonds. The van der Waals surface area contributed by atoms with Crippen LogP contribution in [0.1, 0.15) is 174 Å². The minimum absolute atomic E-state index is 0.0531. The second kappa shape index (κ2) is 47.7. The van der Waals surface area contributed by atoms with Gasteiger partial charge in [-0.3, -0.25) is 13.8 Å². The van der Waals surface area contributed by atoms with Gasteiger partial charge in [0.1, 0.15) is 13.2 Å². The van der Waals surface area contributed by atoms with E-state index in [2.05, 4.69) is 141 Å². The van der Waals surface area contributed by atoms with Crippen molar-refractivity contribution in [3.63, 3.8) is 0 Å². The highest BCUT2D eigenvalue weighted by molar-refractivity contribution is 7.47. The Morgan fingerprint density at radius 2 is 0.896 bits per heavy atom. The third-order valence-corrected chi connectivity index (χ3v) is 11.6. The van der Waals surface area contributed by atoms with E-state index in [-0.39, 0.29) is 19.1 Å². The van der Waals surface area contributed by atoms with Gasteiger partial charge in [0.15, 0.2) is 0 Å². The Balaban J connectivity index is 3.89. The zero-order chi connectivity index (χ0) is 49.2. The Labute approximate surface area is 411 Å². The Bertz CT molecular complexity index is 1540. The maximum Gasteiger partial charge on any atom is 0.472 e. The monoisotopic (exact) mass is 950 g/mol. The third-order valence-electron chi connectivity index (χ3n) is 10.6. The van der Waals surface area contributed by atoms with Crippen LogP contribution in [0.15, 0.2) is 134 Å². The van der Waals surface area contributed by atoms with Gasteiger partial charge in [-0.25, -0.2) is 4.57 Å². The Morgan fingerprint density at radius 1 is 0.522 bits per heavy atom. The van der Waals surface area contributed by atoms with Crippen LogP contribution in [0.2, 0.25) is 0 Å². The lowest BCUT2D eigenvalue weighted by Gasteiger charge is -2.25. The highest BCUT2D eigenvalue weighted by atomic mass is 31.2. The molecular formula is C58H98N2O6P+. The molecule has 0 aromatic rings. The normalized spacial score (nSPS) is 15.1. The predicted octanol–water partition coefficient (Wildman–Crippen LogP) is 15.6. The summed E-state index contributed by atoms with van der Waals surface area (Å²) in [7, 11) is 1.54. The molecule has 0 aliphatic heterocycles. The number of likely N-dealkylation sites (N-methyl/N-ethyl adjacent to an activating group) is 1. The van der Waals surface area contributed by atoms with Crippen molar-refractivity contribution in [2.75, 3.05) is 40.9 Å². The van der Waals surface area contributed by atoms with Crippen LogP contribution >= 0.6 is 7.82 Å². The highest BCUT2D eigenvalue weighted by Crippen LogP contribution is 2.43. The molecule has 3 atom stereocenters. The minimum Gasteiger partial charge on any atom is -0.387 e. The van der Waals surface area contributed by atoms with E-state index < -0.39 is 20.0 Å². The van der Waals surface area contributed by atoms with Gasteiger partial charge in [0.05, 0.1) is 39.9 Å². The molecule has 0 aliphatic carbocycles. The molecule has 0 saturated heterocycles. The quantitative estimate of drug-likeness (QED) is 0.0243. The van der Waals surface area contributed by atoms with E-state index in [0.29, 0.717) is 17.4 Å². The molecule has 0 aliphatic rings. The molecule has 3 unspecified atom stereocenters. The number of aliphatic hydroxyl groups is 1. The van der Waals surface area contributed by atoms with Gasteiger partial charge in [-0.1, -0.05) is 212 Å². The van der Waals surface area contributed by atoms with Crippen molar-refractivity contribution < 1.29 is 32.9 Å². The fraction of sp³-hybridized carbons (Fsp3) is 0.603. The summed E-state index contributed by atoms with van der Waals surface area (Å²) < 4.78 is 23.3. The summed E-state index contributed by atoms with van der Waals surface area (Å²) in [6, 6.07) is -0.852. The zero-order valence-electron chi connectivity index (χ0n) is 43.1. The molecule has 3 N–H and O–H groups in total. The van der Waals surface area contributed by atoms with Crippen LogP contribution in [0.3, 0.4) is 0 Å². The number of nitrogens with zero attached hydrogens (tertiary/aromatic N) is 1. The van der Waals surface area contributed by atoms with Gasteiger partial charge in [0.25, 0.3) is 0 Å². The molecule has 67 heavy (non-hydrogen) atoms. The van der Waals surface area contributed by atoms with Gasteiger partial charge in [-0.15, -0.1) is 0 Å². The van der Waals surface area contributed by atoms with Crippen LogP contribution in [-0.2, 0) is 18.4 Å². The summed E-state index contributed by atoms with van der Waals surface area (Å²) in [6.07, 6.45) is 73.4. The maximum absolute atomic E-state index is 12.8. The van der Waals surface area contributed by atoms with Crippen LogP contribution in [0.5, 0.6) is 0 Å². The number of phosphoric acid groups is 1. The number of quaternary nitrogens is 1. The smallest absolute Gasteiger partial charge is 0.387 e. The van der Waals surface area contributed by atoms with E-state index in [1.165, 1.54) is 44.9 Å². The van der Waals surface area contributed by atoms with Crippen LogP contribution in [0.25, 0.3) is 0 Å². The molecule has 9 heteroatoms. The predicted molar refractivity (Wildman–Crippen MR) is 290 cm³/mol. The lowest BCUT2D eigenvalue weighted by Crippen LogP contribution is -2.45. The van der Waals surface area contributed by atoms with Crippen molar-refractivity contribution in [1.82, 2.24) is 5.32 Å². The molecule has 0 rings (SSSR count). The number of nitrogens with one attached hydrogen (secondary N) is 1. The van der Waals surface area contributed by atoms with Gasteiger partial charge in [-0.05, 0) is 89.9 Å². The summed E-state index contributed by atoms with van der Waals surface area (Å²) in [4.78, 5) is 22.9. The standard InChI is InChI=1S/C58H97N2O6P/c1-6-8-10-12-13-14-15-16-17-18-19-20-21-22-23-24-25-26-27-28-29-30-31-32-33-34-35-36-37-38-39-40-41-42-43-44-45-46-47-48-50-52-58(62)59-56(57(61)51-49-11-9-7-2)55-66-67(63,64)65-54-53-60(3,4)5/h8,10,13-14,16-17,19-20,22-23,25-26,28-29,31-32,34-35,37-38,49,51,56-57,61H,6-7,9,11-12,15,18,21,24,27,30,33,36,39-48,50,52-55H2,1-5H3,(H-,59,62,63,64)/p+1/b10-8-,14-13-,17-16-,20-19-,23-22-,26-25-,29-28-,32-31-,35-34-,38-37-,51-49+. The van der Waals surface area contributed by atoms with Crippen molar-refractivity contribution in [1.29, 1.82) is 0 Å². The molecule has 0 bridgehead atoms. The Kier molecular flexibility index (Phi) is 45.3. The van der Waals surface area contributed by atoms with Crippen molar-refractivity contribution in [2.45, 2.75) is 187 Å². The minimum atomic E-state index is -4.33. The number of allylic oxidation sites excluding steroid dienone is 21. The summed E-state index contributed by atoms with van der Waals surface area (Å²) in [6.45, 7) is 4.51. The van der Waals surface area contributed by atoms with Crippen LogP contribution in [0.4, 0.5) is 0 Å². The Morgan fingerprint density at radius 3 is 1.30 bits per heavy atom. The SMILES string of the molecule is CC/C=C\C/C=C\C/C=C\C/C=C\C/C=C\C/C=C\C/C=C\C/C=C\C/C=C\C/C=C\CCCCCCCCCCCCC(=O)NC(COP(=O)(O)OCC[N+](C)(C)C)C(O)/C=C/CCCC. The summed E-state index contributed by atoms with van der Waals surface area (Å²) in [5, 5.41) is 13.6. The van der Waals surface area contributed by atoms with Gasteiger partial charge in [0, 0.05) is 6.42 Å². The number of carbonyl (C=O) groups is 1. The first-order chi connectivity index (χ1) is 32.5. The van der Waals surface area contributed by atoms with E-state index in [0.717, 1.165) is 109 Å². The average Bonchev–Trinajstić information content (AvgIpc) is 3.29. The lowest BCUT2D eigenvalue weighted by molar-refractivity contribution is -0.870. The molecule has 8 nitrogen and oxygen atoms in total. The van der Waals surface area contributed by atoms with Gasteiger partial charge < -0.3 is 19.8 Å². The number of unbranched alkanes of at least 4 members (excludes halogenated alkanes) is 12. The van der Waals surface area contributed by atoms with Gasteiger partial charge in [-0.2, -0.15) is 0 Å². The first-order valence-electron chi connectivity index (χ1n) is 26.1. The van der Waals surface area contributed by atoms with E-state index in [4.69, 9.17) is 9.05 Å². The van der Waals surface area contributed by atoms with Crippen LogP contribution < -0.4 is 5.32 Å². The molecular weight excluding hydrogens is 852 g/mol. The fourth-order valence-corrected chi connectivity index (χ4v) is 7.26. The molecule has 380 valence electrons. The number of hydrogen-bond acceptors (Lipinski definition) is 5. The van der Waals surface area contributed by atoms with Crippen LogP contribution in [-0.4, -0.2) is 73.4 Å². The van der Waals surface area contributed by atoms with Crippen LogP contribution in [0, 0.1) is 0 Å². The Hall–Kier alpha value is -3.36. The van der Waals surface area contributed by atoms with E-state index in [1.54, 1.807) is 6.08 Å².